The second kappa shape index (κ2) is 6.27. The van der Waals surface area contributed by atoms with Gasteiger partial charge in [0.25, 0.3) is 0 Å². The van der Waals surface area contributed by atoms with Gasteiger partial charge in [-0.3, -0.25) is 9.80 Å². The van der Waals surface area contributed by atoms with E-state index in [1.165, 1.54) is 39.0 Å². The Bertz CT molecular complexity index is 382. The molecule has 24 heavy (non-hydrogen) atoms. The Labute approximate surface area is 152 Å². The Hall–Kier alpha value is -0.0800. The average Bonchev–Trinajstić information content (AvgIpc) is 2.16. The normalized spacial score (nSPS) is 23.2. The van der Waals surface area contributed by atoms with E-state index in [-0.39, 0.29) is 0 Å². The van der Waals surface area contributed by atoms with Crippen LogP contribution in [0.2, 0.25) is 0 Å². The van der Waals surface area contributed by atoms with Gasteiger partial charge in [0.1, 0.15) is 0 Å². The van der Waals surface area contributed by atoms with E-state index in [9.17, 15) is 0 Å². The lowest BCUT2D eigenvalue weighted by Crippen LogP contribution is -2.62. The molecule has 2 aliphatic heterocycles. The van der Waals surface area contributed by atoms with Crippen LogP contribution in [0.4, 0.5) is 0 Å². The fourth-order valence-corrected chi connectivity index (χ4v) is 3.97. The Morgan fingerprint density at radius 3 is 1.00 bits per heavy atom. The van der Waals surface area contributed by atoms with Gasteiger partial charge < -0.3 is 0 Å². The van der Waals surface area contributed by atoms with E-state index in [0.29, 0.717) is 21.9 Å². The van der Waals surface area contributed by atoms with Crippen LogP contribution >= 0.6 is 0 Å². The third-order valence-corrected chi connectivity index (χ3v) is 7.27. The maximum atomic E-state index is 2.72. The highest BCUT2D eigenvalue weighted by Crippen LogP contribution is 2.42. The minimum atomic E-state index is 0.341. The van der Waals surface area contributed by atoms with Gasteiger partial charge in [0.05, 0.1) is 0 Å². The summed E-state index contributed by atoms with van der Waals surface area (Å²) in [7, 11) is 0. The predicted molar refractivity (Wildman–Crippen MR) is 106 cm³/mol. The first-order valence-electron chi connectivity index (χ1n) is 10.1. The molecular weight excluding hydrogens is 292 g/mol. The fourth-order valence-electron chi connectivity index (χ4n) is 3.97. The van der Waals surface area contributed by atoms with Crippen molar-refractivity contribution in [1.82, 2.24) is 9.80 Å². The van der Waals surface area contributed by atoms with E-state index in [1.54, 1.807) is 0 Å². The van der Waals surface area contributed by atoms with Gasteiger partial charge in [-0.15, -0.1) is 0 Å². The molecule has 2 aliphatic rings. The van der Waals surface area contributed by atoms with Crippen LogP contribution in [-0.2, 0) is 0 Å². The molecule has 0 aromatic carbocycles. The maximum Gasteiger partial charge on any atom is 0.0154 e. The largest absolute Gasteiger partial charge is 0.298 e. The molecular formula is C22H44N2. The predicted octanol–water partition coefficient (Wildman–Crippen LogP) is 5.28. The van der Waals surface area contributed by atoms with Crippen molar-refractivity contribution < 1.29 is 0 Å². The Kier molecular flexibility index (Phi) is 5.28. The molecule has 0 atom stereocenters. The van der Waals surface area contributed by atoms with Crippen LogP contribution in [0.3, 0.4) is 0 Å². The number of nitrogens with zero attached hydrogens (tertiary/aromatic N) is 2. The first-order chi connectivity index (χ1) is 10.6. The van der Waals surface area contributed by atoms with Gasteiger partial charge >= 0.3 is 0 Å². The molecule has 0 N–H and O–H groups in total. The fraction of sp³-hybridized carbons (Fsp3) is 1.00. The van der Waals surface area contributed by atoms with Gasteiger partial charge in [-0.05, 0) is 63.2 Å². The van der Waals surface area contributed by atoms with Gasteiger partial charge in [-0.1, -0.05) is 41.5 Å². The summed E-state index contributed by atoms with van der Waals surface area (Å²) >= 11 is 0. The molecule has 0 radical (unpaired) electrons. The maximum absolute atomic E-state index is 2.72. The van der Waals surface area contributed by atoms with Crippen LogP contribution in [0.5, 0.6) is 0 Å². The third-order valence-electron chi connectivity index (χ3n) is 7.27. The molecule has 142 valence electrons. The van der Waals surface area contributed by atoms with Crippen molar-refractivity contribution in [3.63, 3.8) is 0 Å². The van der Waals surface area contributed by atoms with Crippen LogP contribution in [0.1, 0.15) is 82.1 Å². The number of rotatable bonds is 5. The average molecular weight is 337 g/mol. The lowest BCUT2D eigenvalue weighted by molar-refractivity contribution is -0.0684. The van der Waals surface area contributed by atoms with Crippen molar-refractivity contribution in [3.8, 4) is 0 Å². The molecule has 2 nitrogen and oxygen atoms in total. The van der Waals surface area contributed by atoms with E-state index in [4.69, 9.17) is 0 Å². The second-order valence-corrected chi connectivity index (χ2v) is 12.1. The third kappa shape index (κ3) is 4.36. The summed E-state index contributed by atoms with van der Waals surface area (Å²) in [6.07, 6.45) is 2.60. The Morgan fingerprint density at radius 2 is 0.792 bits per heavy atom. The highest BCUT2D eigenvalue weighted by Gasteiger charge is 2.45. The summed E-state index contributed by atoms with van der Waals surface area (Å²) in [6, 6.07) is 0. The zero-order chi connectivity index (χ0) is 18.6. The van der Waals surface area contributed by atoms with Crippen molar-refractivity contribution in [2.45, 2.75) is 93.2 Å². The quantitative estimate of drug-likeness (QED) is 0.674. The topological polar surface area (TPSA) is 6.48 Å². The summed E-state index contributed by atoms with van der Waals surface area (Å²) in [5.74, 6) is 1.74. The van der Waals surface area contributed by atoms with Crippen LogP contribution in [0.15, 0.2) is 0 Å². The van der Waals surface area contributed by atoms with Crippen molar-refractivity contribution in [3.05, 3.63) is 0 Å². The van der Waals surface area contributed by atoms with Gasteiger partial charge in [-0.2, -0.15) is 0 Å². The molecule has 0 aliphatic carbocycles. The summed E-state index contributed by atoms with van der Waals surface area (Å²) in [4.78, 5) is 5.43. The molecule has 0 spiro atoms. The molecule has 2 saturated heterocycles. The zero-order valence-electron chi connectivity index (χ0n) is 18.3. The molecule has 0 unspecified atom stereocenters. The van der Waals surface area contributed by atoms with Crippen molar-refractivity contribution in [2.75, 3.05) is 26.2 Å². The van der Waals surface area contributed by atoms with Gasteiger partial charge in [-0.25, -0.2) is 0 Å². The molecule has 2 heterocycles. The van der Waals surface area contributed by atoms with Crippen LogP contribution in [0, 0.1) is 22.7 Å². The highest BCUT2D eigenvalue weighted by molar-refractivity contribution is 4.99. The number of hydrogen-bond acceptors (Lipinski definition) is 2. The Balaban J connectivity index is 1.80. The van der Waals surface area contributed by atoms with Crippen molar-refractivity contribution in [2.24, 2.45) is 22.7 Å². The summed E-state index contributed by atoms with van der Waals surface area (Å²) in [5, 5.41) is 0. The van der Waals surface area contributed by atoms with E-state index >= 15 is 0 Å². The Morgan fingerprint density at radius 1 is 0.542 bits per heavy atom. The molecule has 0 aromatic heterocycles. The molecule has 2 rings (SSSR count). The first-order valence-corrected chi connectivity index (χ1v) is 10.1. The minimum Gasteiger partial charge on any atom is -0.298 e. The van der Waals surface area contributed by atoms with Crippen molar-refractivity contribution >= 4 is 0 Å². The monoisotopic (exact) mass is 336 g/mol. The van der Waals surface area contributed by atoms with E-state index < -0.39 is 0 Å². The van der Waals surface area contributed by atoms with Crippen LogP contribution < -0.4 is 0 Å². The van der Waals surface area contributed by atoms with Crippen molar-refractivity contribution in [1.29, 1.82) is 0 Å². The summed E-state index contributed by atoms with van der Waals surface area (Å²) < 4.78 is 0. The summed E-state index contributed by atoms with van der Waals surface area (Å²) in [5.41, 5.74) is 1.61. The number of likely N-dealkylation sites (tertiary alicyclic amines) is 2. The lowest BCUT2D eigenvalue weighted by atomic mass is 9.72. The van der Waals surface area contributed by atoms with Crippen LogP contribution in [-0.4, -0.2) is 47.1 Å². The van der Waals surface area contributed by atoms with Gasteiger partial charge in [0, 0.05) is 37.3 Å². The number of hydrogen-bond donors (Lipinski definition) is 0. The highest BCUT2D eigenvalue weighted by atomic mass is 15.3. The molecule has 2 fully saturated rings. The molecule has 0 bridgehead atoms. The lowest BCUT2D eigenvalue weighted by Gasteiger charge is -2.56. The SMILES string of the molecule is CC(C)(C)C1CN(C(C)(C)CCC(C)(C)N2CC(C(C)(C)C)C2)C1. The standard InChI is InChI=1S/C22H44N2/c1-19(2,3)17-13-23(14-17)21(7,8)11-12-22(9,10)24-15-18(16-24)20(4,5)6/h17-18H,11-16H2,1-10H3. The zero-order valence-corrected chi connectivity index (χ0v) is 18.3. The second-order valence-electron chi connectivity index (χ2n) is 12.1. The van der Waals surface area contributed by atoms with E-state index in [0.717, 1.165) is 11.8 Å². The molecule has 2 heteroatoms. The van der Waals surface area contributed by atoms with Gasteiger partial charge in [0.2, 0.25) is 0 Å². The first kappa shape index (κ1) is 20.2. The molecule has 0 amide bonds. The minimum absolute atomic E-state index is 0.341. The molecule has 0 saturated carbocycles. The summed E-state index contributed by atoms with van der Waals surface area (Å²) in [6.45, 7) is 29.3. The van der Waals surface area contributed by atoms with E-state index in [1.807, 2.05) is 0 Å². The van der Waals surface area contributed by atoms with Crippen LogP contribution in [0.25, 0.3) is 0 Å². The van der Waals surface area contributed by atoms with E-state index in [2.05, 4.69) is 79.0 Å². The smallest absolute Gasteiger partial charge is 0.0154 e. The van der Waals surface area contributed by atoms with Gasteiger partial charge in [0.15, 0.2) is 0 Å². The molecule has 0 aromatic rings.